The van der Waals surface area contributed by atoms with Gasteiger partial charge in [-0.1, -0.05) is 12.1 Å². The van der Waals surface area contributed by atoms with Gasteiger partial charge in [-0.2, -0.15) is 0 Å². The van der Waals surface area contributed by atoms with Crippen molar-refractivity contribution >= 4 is 17.5 Å². The number of rotatable bonds is 2. The fourth-order valence-corrected chi connectivity index (χ4v) is 1.23. The maximum absolute atomic E-state index is 10.8. The Morgan fingerprint density at radius 1 is 1.23 bits per heavy atom. The Kier molecular flexibility index (Phi) is 5.98. The van der Waals surface area contributed by atoms with Gasteiger partial charge in [0.1, 0.15) is 0 Å². The number of thioether (sulfide) groups is 1. The molecule has 13 heavy (non-hydrogen) atoms. The molecule has 0 amide bonds. The van der Waals surface area contributed by atoms with Gasteiger partial charge in [0.05, 0.1) is 0 Å². The predicted octanol–water partition coefficient (Wildman–Crippen LogP) is 3.41. The highest BCUT2D eigenvalue weighted by atomic mass is 32.2. The highest BCUT2D eigenvalue weighted by Crippen LogP contribution is 2.14. The van der Waals surface area contributed by atoms with E-state index in [0.29, 0.717) is 0 Å². The van der Waals surface area contributed by atoms with E-state index in [-0.39, 0.29) is 5.78 Å². The lowest BCUT2D eigenvalue weighted by Crippen LogP contribution is -1.89. The van der Waals surface area contributed by atoms with E-state index in [1.807, 2.05) is 30.5 Å². The Bertz CT molecular complexity index is 264. The first kappa shape index (κ1) is 12.0. The van der Waals surface area contributed by atoms with E-state index < -0.39 is 0 Å². The van der Waals surface area contributed by atoms with Crippen LogP contribution < -0.4 is 0 Å². The van der Waals surface area contributed by atoms with Crippen LogP contribution >= 0.6 is 11.8 Å². The molecule has 1 rings (SSSR count). The highest BCUT2D eigenvalue weighted by molar-refractivity contribution is 7.98. The van der Waals surface area contributed by atoms with Crippen LogP contribution in [0.5, 0.6) is 0 Å². The van der Waals surface area contributed by atoms with E-state index in [1.165, 1.54) is 4.90 Å². The minimum Gasteiger partial charge on any atom is -0.295 e. The van der Waals surface area contributed by atoms with Crippen LogP contribution in [-0.4, -0.2) is 12.0 Å². The molecule has 0 spiro atoms. The molecule has 0 saturated carbocycles. The third-order valence-electron chi connectivity index (χ3n) is 1.50. The molecule has 0 heterocycles. The fourth-order valence-electron chi connectivity index (χ4n) is 0.826. The van der Waals surface area contributed by atoms with Crippen LogP contribution in [-0.2, 0) is 0 Å². The molecule has 0 atom stereocenters. The van der Waals surface area contributed by atoms with Gasteiger partial charge in [0.15, 0.2) is 5.78 Å². The number of hydrogen-bond acceptors (Lipinski definition) is 2. The molecule has 1 nitrogen and oxygen atoms in total. The number of carbonyl (C=O) groups is 1. The Morgan fingerprint density at radius 2 is 1.69 bits per heavy atom. The van der Waals surface area contributed by atoms with Crippen LogP contribution in [0.4, 0.5) is 0 Å². The van der Waals surface area contributed by atoms with E-state index in [4.69, 9.17) is 0 Å². The number of Topliss-reactive ketones (excluding diaryl/α,β-unsaturated/α-hetero) is 1. The van der Waals surface area contributed by atoms with Crippen molar-refractivity contribution in [1.29, 1.82) is 0 Å². The first-order valence-electron chi connectivity index (χ1n) is 3.89. The van der Waals surface area contributed by atoms with E-state index in [0.717, 1.165) is 5.56 Å². The Labute approximate surface area is 83.9 Å². The van der Waals surface area contributed by atoms with Gasteiger partial charge in [-0.05, 0) is 25.3 Å². The lowest BCUT2D eigenvalue weighted by atomic mass is 10.2. The van der Waals surface area contributed by atoms with Gasteiger partial charge in [0.25, 0.3) is 0 Å². The average Bonchev–Trinajstić information content (AvgIpc) is 2.21. The van der Waals surface area contributed by atoms with Gasteiger partial charge >= 0.3 is 0 Å². The second-order valence-corrected chi connectivity index (χ2v) is 3.16. The summed E-state index contributed by atoms with van der Waals surface area (Å²) in [7, 11) is 0. The second-order valence-electron chi connectivity index (χ2n) is 2.28. The summed E-state index contributed by atoms with van der Waals surface area (Å²) in [6.45, 7) is 7.58. The molecular weight excluding hydrogens is 180 g/mol. The van der Waals surface area contributed by atoms with Crippen LogP contribution in [0.25, 0.3) is 0 Å². The van der Waals surface area contributed by atoms with E-state index in [1.54, 1.807) is 18.7 Å². The molecule has 0 saturated heterocycles. The standard InChI is InChI=1S/C9H10OS.C2H4/c1-7(10)8-3-5-9(11-2)6-4-8;1-2/h3-6H,1-2H3;1-2H2. The third kappa shape index (κ3) is 3.95. The van der Waals surface area contributed by atoms with E-state index in [2.05, 4.69) is 13.2 Å². The van der Waals surface area contributed by atoms with Gasteiger partial charge in [-0.25, -0.2) is 0 Å². The Balaban J connectivity index is 0.000000671. The summed E-state index contributed by atoms with van der Waals surface area (Å²) in [5.74, 6) is 0.123. The molecule has 1 aromatic rings. The van der Waals surface area contributed by atoms with Crippen molar-refractivity contribution in [2.75, 3.05) is 6.26 Å². The summed E-state index contributed by atoms with van der Waals surface area (Å²) in [6, 6.07) is 7.63. The van der Waals surface area contributed by atoms with Crippen LogP contribution in [0.2, 0.25) is 0 Å². The van der Waals surface area contributed by atoms with Crippen LogP contribution in [0.15, 0.2) is 42.3 Å². The maximum Gasteiger partial charge on any atom is 0.159 e. The van der Waals surface area contributed by atoms with Crippen molar-refractivity contribution in [1.82, 2.24) is 0 Å². The molecule has 0 aliphatic rings. The van der Waals surface area contributed by atoms with Gasteiger partial charge in [-0.3, -0.25) is 4.79 Å². The summed E-state index contributed by atoms with van der Waals surface area (Å²) < 4.78 is 0. The quantitative estimate of drug-likeness (QED) is 0.407. The molecule has 0 bridgehead atoms. The first-order chi connectivity index (χ1) is 6.24. The highest BCUT2D eigenvalue weighted by Gasteiger charge is 1.96. The SMILES string of the molecule is C=C.CSc1ccc(C(C)=O)cc1. The number of hydrogen-bond donors (Lipinski definition) is 0. The number of ketones is 1. The topological polar surface area (TPSA) is 17.1 Å². The van der Waals surface area contributed by atoms with Gasteiger partial charge in [0.2, 0.25) is 0 Å². The Morgan fingerprint density at radius 3 is 2.00 bits per heavy atom. The zero-order chi connectivity index (χ0) is 10.3. The van der Waals surface area contributed by atoms with Crippen LogP contribution in [0.3, 0.4) is 0 Å². The van der Waals surface area contributed by atoms with Crippen LogP contribution in [0.1, 0.15) is 17.3 Å². The lowest BCUT2D eigenvalue weighted by Gasteiger charge is -1.96. The molecule has 0 aliphatic carbocycles. The Hall–Kier alpha value is -1.02. The monoisotopic (exact) mass is 194 g/mol. The first-order valence-corrected chi connectivity index (χ1v) is 5.11. The zero-order valence-corrected chi connectivity index (χ0v) is 8.86. The van der Waals surface area contributed by atoms with Crippen molar-refractivity contribution in [2.24, 2.45) is 0 Å². The summed E-state index contributed by atoms with van der Waals surface area (Å²) in [5.41, 5.74) is 0.780. The predicted molar refractivity (Wildman–Crippen MR) is 59.5 cm³/mol. The van der Waals surface area contributed by atoms with Crippen molar-refractivity contribution in [3.05, 3.63) is 43.0 Å². The largest absolute Gasteiger partial charge is 0.295 e. The molecule has 0 N–H and O–H groups in total. The number of benzene rings is 1. The summed E-state index contributed by atoms with van der Waals surface area (Å²) in [5, 5.41) is 0. The van der Waals surface area contributed by atoms with E-state index >= 15 is 0 Å². The molecule has 0 unspecified atom stereocenters. The van der Waals surface area contributed by atoms with Crippen molar-refractivity contribution in [3.8, 4) is 0 Å². The number of carbonyl (C=O) groups excluding carboxylic acids is 1. The molecular formula is C11H14OS. The fraction of sp³-hybridized carbons (Fsp3) is 0.182. The molecule has 0 aliphatic heterocycles. The molecule has 2 heteroatoms. The minimum absolute atomic E-state index is 0.123. The molecule has 0 aromatic heterocycles. The van der Waals surface area contributed by atoms with E-state index in [9.17, 15) is 4.79 Å². The molecule has 1 aromatic carbocycles. The average molecular weight is 194 g/mol. The van der Waals surface area contributed by atoms with Crippen LogP contribution in [0, 0.1) is 0 Å². The van der Waals surface area contributed by atoms with Crippen molar-refractivity contribution in [2.45, 2.75) is 11.8 Å². The second kappa shape index (κ2) is 6.49. The van der Waals surface area contributed by atoms with Crippen molar-refractivity contribution < 1.29 is 4.79 Å². The maximum atomic E-state index is 10.8. The molecule has 0 fully saturated rings. The third-order valence-corrected chi connectivity index (χ3v) is 2.24. The van der Waals surface area contributed by atoms with Crippen molar-refractivity contribution in [3.63, 3.8) is 0 Å². The summed E-state index contributed by atoms with van der Waals surface area (Å²) in [4.78, 5) is 12.0. The minimum atomic E-state index is 0.123. The normalized spacial score (nSPS) is 8.46. The summed E-state index contributed by atoms with van der Waals surface area (Å²) in [6.07, 6.45) is 2.02. The van der Waals surface area contributed by atoms with Gasteiger partial charge < -0.3 is 0 Å². The lowest BCUT2D eigenvalue weighted by molar-refractivity contribution is 0.101. The van der Waals surface area contributed by atoms with Gasteiger partial charge in [0, 0.05) is 10.5 Å². The summed E-state index contributed by atoms with van der Waals surface area (Å²) >= 11 is 1.68. The molecule has 70 valence electrons. The smallest absolute Gasteiger partial charge is 0.159 e. The molecule has 0 radical (unpaired) electrons. The zero-order valence-electron chi connectivity index (χ0n) is 8.04. The van der Waals surface area contributed by atoms with Gasteiger partial charge in [-0.15, -0.1) is 24.9 Å².